The molecule has 1 aliphatic heterocycles. The maximum absolute atomic E-state index is 12.5. The Morgan fingerprint density at radius 3 is 2.43 bits per heavy atom. The maximum atomic E-state index is 12.5. The molecule has 0 saturated carbocycles. The van der Waals surface area contributed by atoms with Crippen molar-refractivity contribution in [3.8, 4) is 0 Å². The molecule has 21 heavy (non-hydrogen) atoms. The molecule has 104 valence electrons. The van der Waals surface area contributed by atoms with Gasteiger partial charge in [0.25, 0.3) is 0 Å². The number of hydrogen-bond acceptors (Lipinski definition) is 2. The van der Waals surface area contributed by atoms with E-state index in [0.717, 1.165) is 10.0 Å². The van der Waals surface area contributed by atoms with Gasteiger partial charge in [-0.15, -0.1) is 0 Å². The van der Waals surface area contributed by atoms with Crippen LogP contribution in [0.15, 0.2) is 58.7 Å². The van der Waals surface area contributed by atoms with Crippen molar-refractivity contribution >= 4 is 39.4 Å². The first-order chi connectivity index (χ1) is 10.1. The van der Waals surface area contributed by atoms with Crippen LogP contribution in [0.2, 0.25) is 0 Å². The number of amides is 1. The van der Waals surface area contributed by atoms with Crippen LogP contribution in [0.1, 0.15) is 22.8 Å². The van der Waals surface area contributed by atoms with Gasteiger partial charge in [0.2, 0.25) is 11.7 Å². The Bertz CT molecular complexity index is 763. The number of fused-ring (bicyclic) bond motifs is 1. The van der Waals surface area contributed by atoms with E-state index in [2.05, 4.69) is 15.9 Å². The Hall–Kier alpha value is -2.20. The van der Waals surface area contributed by atoms with Gasteiger partial charge in [0.05, 0.1) is 11.4 Å². The Morgan fingerprint density at radius 1 is 1.10 bits per heavy atom. The van der Waals surface area contributed by atoms with E-state index < -0.39 is 0 Å². The molecule has 2 aromatic carbocycles. The summed E-state index contributed by atoms with van der Waals surface area (Å²) >= 11 is 3.38. The molecule has 1 amide bonds. The van der Waals surface area contributed by atoms with Crippen molar-refractivity contribution in [2.45, 2.75) is 6.92 Å². The normalized spacial score (nSPS) is 15.4. The van der Waals surface area contributed by atoms with Gasteiger partial charge in [-0.25, -0.2) is 0 Å². The van der Waals surface area contributed by atoms with E-state index in [4.69, 9.17) is 0 Å². The highest BCUT2D eigenvalue weighted by Crippen LogP contribution is 2.35. The summed E-state index contributed by atoms with van der Waals surface area (Å²) in [5.74, 6) is -0.291. The predicted octanol–water partition coefficient (Wildman–Crippen LogP) is 4.04. The van der Waals surface area contributed by atoms with Crippen molar-refractivity contribution in [2.24, 2.45) is 0 Å². The Kier molecular flexibility index (Phi) is 3.47. The topological polar surface area (TPSA) is 37.4 Å². The van der Waals surface area contributed by atoms with Crippen molar-refractivity contribution in [1.29, 1.82) is 0 Å². The molecule has 0 N–H and O–H groups in total. The van der Waals surface area contributed by atoms with Crippen LogP contribution in [0, 0.1) is 0 Å². The van der Waals surface area contributed by atoms with Gasteiger partial charge in [0, 0.05) is 17.0 Å². The summed E-state index contributed by atoms with van der Waals surface area (Å²) in [5, 5.41) is 0. The molecule has 1 heterocycles. The van der Waals surface area contributed by atoms with Crippen LogP contribution >= 0.6 is 15.9 Å². The molecular formula is C17H12BrNO2. The number of rotatable bonds is 1. The average Bonchev–Trinajstić information content (AvgIpc) is 2.75. The monoisotopic (exact) mass is 341 g/mol. The number of benzene rings is 2. The van der Waals surface area contributed by atoms with Gasteiger partial charge in [-0.2, -0.15) is 0 Å². The first-order valence-electron chi connectivity index (χ1n) is 6.49. The molecule has 0 atom stereocenters. The standard InChI is InChI=1S/C17H12BrNO2/c1-11(20)19-15-5-3-2-4-14(15)17(21)16(19)10-12-6-8-13(18)9-7-12/h2-10H,1H3/b16-10-. The largest absolute Gasteiger partial charge is 0.287 e. The molecule has 0 radical (unpaired) electrons. The lowest BCUT2D eigenvalue weighted by Crippen LogP contribution is -2.25. The van der Waals surface area contributed by atoms with Crippen molar-refractivity contribution in [2.75, 3.05) is 4.90 Å². The number of carbonyl (C=O) groups is 2. The van der Waals surface area contributed by atoms with Gasteiger partial charge in [0.15, 0.2) is 0 Å². The fraction of sp³-hybridized carbons (Fsp3) is 0.0588. The zero-order chi connectivity index (χ0) is 15.0. The SMILES string of the molecule is CC(=O)N1/C(=C\c2ccc(Br)cc2)C(=O)c2ccccc21. The lowest BCUT2D eigenvalue weighted by molar-refractivity contribution is -0.116. The van der Waals surface area contributed by atoms with Crippen molar-refractivity contribution in [1.82, 2.24) is 0 Å². The van der Waals surface area contributed by atoms with Crippen LogP contribution in [0.5, 0.6) is 0 Å². The molecule has 3 nitrogen and oxygen atoms in total. The third kappa shape index (κ3) is 2.43. The maximum Gasteiger partial charge on any atom is 0.228 e. The van der Waals surface area contributed by atoms with Crippen molar-refractivity contribution in [3.63, 3.8) is 0 Å². The molecule has 3 rings (SSSR count). The molecule has 0 unspecified atom stereocenters. The van der Waals surface area contributed by atoms with Crippen LogP contribution in [0.4, 0.5) is 5.69 Å². The molecule has 0 fully saturated rings. The molecular weight excluding hydrogens is 330 g/mol. The summed E-state index contributed by atoms with van der Waals surface area (Å²) in [4.78, 5) is 25.9. The fourth-order valence-corrected chi connectivity index (χ4v) is 2.68. The summed E-state index contributed by atoms with van der Waals surface area (Å²) in [5.41, 5.74) is 2.49. The number of Topliss-reactive ketones (excluding diaryl/α,β-unsaturated/α-hetero) is 1. The zero-order valence-electron chi connectivity index (χ0n) is 11.3. The van der Waals surface area contributed by atoms with Crippen LogP contribution in [0.3, 0.4) is 0 Å². The van der Waals surface area contributed by atoms with Gasteiger partial charge in [-0.1, -0.05) is 40.2 Å². The highest BCUT2D eigenvalue weighted by atomic mass is 79.9. The number of ketones is 1. The van der Waals surface area contributed by atoms with E-state index in [1.165, 1.54) is 11.8 Å². The number of nitrogens with zero attached hydrogens (tertiary/aromatic N) is 1. The minimum atomic E-state index is -0.170. The van der Waals surface area contributed by atoms with Crippen LogP contribution in [-0.2, 0) is 4.79 Å². The number of carbonyl (C=O) groups excluding carboxylic acids is 2. The first-order valence-corrected chi connectivity index (χ1v) is 7.29. The molecule has 0 bridgehead atoms. The highest BCUT2D eigenvalue weighted by Gasteiger charge is 2.34. The van der Waals surface area contributed by atoms with Gasteiger partial charge >= 0.3 is 0 Å². The first kappa shape index (κ1) is 13.8. The van der Waals surface area contributed by atoms with Crippen LogP contribution in [0.25, 0.3) is 6.08 Å². The summed E-state index contributed by atoms with van der Waals surface area (Å²) < 4.78 is 0.967. The second-order valence-electron chi connectivity index (χ2n) is 4.78. The third-order valence-electron chi connectivity index (χ3n) is 3.35. The Morgan fingerprint density at radius 2 is 1.76 bits per heavy atom. The lowest BCUT2D eigenvalue weighted by atomic mass is 10.1. The summed E-state index contributed by atoms with van der Waals surface area (Å²) in [6.07, 6.45) is 1.75. The van der Waals surface area contributed by atoms with E-state index in [0.29, 0.717) is 16.9 Å². The van der Waals surface area contributed by atoms with Gasteiger partial charge in [0.1, 0.15) is 0 Å². The molecule has 4 heteroatoms. The zero-order valence-corrected chi connectivity index (χ0v) is 12.9. The second kappa shape index (κ2) is 5.30. The van der Waals surface area contributed by atoms with Crippen LogP contribution in [-0.4, -0.2) is 11.7 Å². The molecule has 0 spiro atoms. The van der Waals surface area contributed by atoms with Gasteiger partial charge < -0.3 is 0 Å². The fourth-order valence-electron chi connectivity index (χ4n) is 2.42. The molecule has 0 aliphatic carbocycles. The minimum absolute atomic E-state index is 0.122. The van der Waals surface area contributed by atoms with Gasteiger partial charge in [-0.05, 0) is 35.9 Å². The van der Waals surface area contributed by atoms with Gasteiger partial charge in [-0.3, -0.25) is 14.5 Å². The van der Waals surface area contributed by atoms with Crippen LogP contribution < -0.4 is 4.90 Å². The number of allylic oxidation sites excluding steroid dienone is 1. The smallest absolute Gasteiger partial charge is 0.228 e. The van der Waals surface area contributed by atoms with E-state index in [1.807, 2.05) is 30.3 Å². The number of halogens is 1. The summed E-state index contributed by atoms with van der Waals surface area (Å²) in [7, 11) is 0. The second-order valence-corrected chi connectivity index (χ2v) is 5.70. The highest BCUT2D eigenvalue weighted by molar-refractivity contribution is 9.10. The van der Waals surface area contributed by atoms with E-state index in [1.54, 1.807) is 24.3 Å². The summed E-state index contributed by atoms with van der Waals surface area (Å²) in [6, 6.07) is 14.8. The number of hydrogen-bond donors (Lipinski definition) is 0. The molecule has 2 aromatic rings. The summed E-state index contributed by atoms with van der Waals surface area (Å²) in [6.45, 7) is 1.46. The third-order valence-corrected chi connectivity index (χ3v) is 3.88. The van der Waals surface area contributed by atoms with E-state index in [9.17, 15) is 9.59 Å². The van der Waals surface area contributed by atoms with E-state index >= 15 is 0 Å². The molecule has 1 aliphatic rings. The predicted molar refractivity (Wildman–Crippen MR) is 86.1 cm³/mol. The van der Waals surface area contributed by atoms with Crippen molar-refractivity contribution < 1.29 is 9.59 Å². The quantitative estimate of drug-likeness (QED) is 0.734. The Labute approximate surface area is 131 Å². The molecule has 0 saturated heterocycles. The molecule has 0 aromatic heterocycles. The lowest BCUT2D eigenvalue weighted by Gasteiger charge is -2.15. The van der Waals surface area contributed by atoms with Crippen molar-refractivity contribution in [3.05, 3.63) is 69.8 Å². The Balaban J connectivity index is 2.12. The van der Waals surface area contributed by atoms with E-state index in [-0.39, 0.29) is 11.7 Å². The number of anilines is 1. The number of para-hydroxylation sites is 1. The minimum Gasteiger partial charge on any atom is -0.287 e. The average molecular weight is 342 g/mol.